The van der Waals surface area contributed by atoms with Gasteiger partial charge in [-0.15, -0.1) is 0 Å². The minimum atomic E-state index is -1.16. The number of phenolic OH excluding ortho intramolecular Hbond substituents is 1. The lowest BCUT2D eigenvalue weighted by Crippen LogP contribution is -2.43. The van der Waals surface area contributed by atoms with Gasteiger partial charge in [-0.25, -0.2) is 4.39 Å². The van der Waals surface area contributed by atoms with Gasteiger partial charge in [0.2, 0.25) is 5.91 Å². The maximum absolute atomic E-state index is 14.7. The highest BCUT2D eigenvalue weighted by Gasteiger charge is 2.41. The van der Waals surface area contributed by atoms with Crippen LogP contribution in [0.5, 0.6) is 5.75 Å². The Hall–Kier alpha value is -3.58. The number of phenols is 1. The number of hydrogen-bond donors (Lipinski definition) is 2. The largest absolute Gasteiger partial charge is 0.507 e. The third-order valence-corrected chi connectivity index (χ3v) is 6.39. The summed E-state index contributed by atoms with van der Waals surface area (Å²) in [6.07, 6.45) is 0.750. The van der Waals surface area contributed by atoms with Crippen molar-refractivity contribution in [1.29, 1.82) is 0 Å². The average molecular weight is 482 g/mol. The Morgan fingerprint density at radius 1 is 1.12 bits per heavy atom. The highest BCUT2D eigenvalue weighted by molar-refractivity contribution is 6.30. The molecule has 1 aliphatic carbocycles. The Bertz CT molecular complexity index is 1260. The first-order chi connectivity index (χ1) is 16.2. The molecule has 0 fully saturated rings. The summed E-state index contributed by atoms with van der Waals surface area (Å²) in [6.45, 7) is 0. The molecule has 1 aliphatic rings. The molecule has 176 valence electrons. The molecule has 0 aliphatic heterocycles. The van der Waals surface area contributed by atoms with E-state index >= 15 is 0 Å². The summed E-state index contributed by atoms with van der Waals surface area (Å²) in [7, 11) is 3.72. The minimum Gasteiger partial charge on any atom is -0.507 e. The molecule has 0 heterocycles. The number of carbonyl (C=O) groups is 2. The van der Waals surface area contributed by atoms with E-state index in [0.717, 1.165) is 5.69 Å². The first kappa shape index (κ1) is 23.6. The third-order valence-electron chi connectivity index (χ3n) is 6.18. The van der Waals surface area contributed by atoms with Crippen LogP contribution in [0.25, 0.3) is 0 Å². The van der Waals surface area contributed by atoms with Crippen molar-refractivity contribution in [3.63, 3.8) is 0 Å². The zero-order valence-electron chi connectivity index (χ0n) is 18.8. The van der Waals surface area contributed by atoms with Gasteiger partial charge in [-0.05, 0) is 65.9 Å². The van der Waals surface area contributed by atoms with Crippen LogP contribution in [-0.2, 0) is 11.2 Å². The molecular formula is C26H25ClFN3O3. The molecular weight excluding hydrogens is 457 g/mol. The van der Waals surface area contributed by atoms with Crippen molar-refractivity contribution < 1.29 is 19.1 Å². The standard InChI is InChI=1S/C26H25ClFN3O3/c1-30(2)17-7-5-6-15(12-17)24(25(29)33)31(26(34)19-8-3-4-9-23(19)32)22-11-10-18-20(22)13-16(27)14-21(18)28/h3-9,12-14,22,24,32H,10-11H2,1-2H3,(H2,29,33)/t22-,24-/m1/s1. The Kier molecular flexibility index (Phi) is 6.48. The number of primary amides is 1. The van der Waals surface area contributed by atoms with Crippen LogP contribution in [0.15, 0.2) is 60.7 Å². The van der Waals surface area contributed by atoms with E-state index in [1.54, 1.807) is 36.4 Å². The molecule has 3 aromatic rings. The number of amides is 2. The maximum Gasteiger partial charge on any atom is 0.259 e. The fourth-order valence-corrected chi connectivity index (χ4v) is 4.79. The highest BCUT2D eigenvalue weighted by atomic mass is 35.5. The molecule has 2 amide bonds. The lowest BCUT2D eigenvalue weighted by atomic mass is 9.97. The van der Waals surface area contributed by atoms with Crippen LogP contribution in [0.1, 0.15) is 45.6 Å². The predicted octanol–water partition coefficient (Wildman–Crippen LogP) is 4.61. The summed E-state index contributed by atoms with van der Waals surface area (Å²) in [6, 6.07) is 14.3. The number of fused-ring (bicyclic) bond motifs is 1. The van der Waals surface area contributed by atoms with Gasteiger partial charge < -0.3 is 20.6 Å². The number of nitrogens with zero attached hydrogens (tertiary/aromatic N) is 2. The van der Waals surface area contributed by atoms with Crippen LogP contribution in [0, 0.1) is 5.82 Å². The highest BCUT2D eigenvalue weighted by Crippen LogP contribution is 2.43. The number of carbonyl (C=O) groups excluding carboxylic acids is 2. The second-order valence-corrected chi connectivity index (χ2v) is 8.97. The number of benzene rings is 3. The smallest absolute Gasteiger partial charge is 0.259 e. The molecule has 0 saturated carbocycles. The molecule has 3 N–H and O–H groups in total. The first-order valence-electron chi connectivity index (χ1n) is 10.8. The molecule has 8 heteroatoms. The molecule has 0 saturated heterocycles. The van der Waals surface area contributed by atoms with Crippen LogP contribution in [-0.4, -0.2) is 35.9 Å². The summed E-state index contributed by atoms with van der Waals surface area (Å²) in [4.78, 5) is 30.0. The van der Waals surface area contributed by atoms with Crippen LogP contribution >= 0.6 is 11.6 Å². The number of rotatable bonds is 6. The van der Waals surface area contributed by atoms with E-state index in [9.17, 15) is 19.1 Å². The zero-order valence-corrected chi connectivity index (χ0v) is 19.6. The van der Waals surface area contributed by atoms with Gasteiger partial charge >= 0.3 is 0 Å². The molecule has 3 aromatic carbocycles. The monoisotopic (exact) mass is 481 g/mol. The number of aromatic hydroxyl groups is 1. The van der Waals surface area contributed by atoms with E-state index in [2.05, 4.69) is 0 Å². The van der Waals surface area contributed by atoms with Gasteiger partial charge in [0.15, 0.2) is 0 Å². The van der Waals surface area contributed by atoms with Crippen molar-refractivity contribution in [1.82, 2.24) is 4.90 Å². The van der Waals surface area contributed by atoms with Crippen molar-refractivity contribution in [2.75, 3.05) is 19.0 Å². The number of para-hydroxylation sites is 1. The zero-order chi connectivity index (χ0) is 24.6. The van der Waals surface area contributed by atoms with Gasteiger partial charge in [-0.1, -0.05) is 35.9 Å². The van der Waals surface area contributed by atoms with Gasteiger partial charge in [-0.2, -0.15) is 0 Å². The predicted molar refractivity (Wildman–Crippen MR) is 129 cm³/mol. The topological polar surface area (TPSA) is 86.9 Å². The van der Waals surface area contributed by atoms with Crippen LogP contribution < -0.4 is 10.6 Å². The van der Waals surface area contributed by atoms with Crippen molar-refractivity contribution in [2.24, 2.45) is 5.73 Å². The van der Waals surface area contributed by atoms with E-state index in [-0.39, 0.29) is 16.3 Å². The summed E-state index contributed by atoms with van der Waals surface area (Å²) in [5.41, 5.74) is 8.23. The Morgan fingerprint density at radius 3 is 2.53 bits per heavy atom. The van der Waals surface area contributed by atoms with Crippen molar-refractivity contribution in [3.8, 4) is 5.75 Å². The van der Waals surface area contributed by atoms with Crippen molar-refractivity contribution in [2.45, 2.75) is 24.9 Å². The van der Waals surface area contributed by atoms with E-state index in [1.165, 1.54) is 23.1 Å². The van der Waals surface area contributed by atoms with Crippen LogP contribution in [0.2, 0.25) is 5.02 Å². The molecule has 6 nitrogen and oxygen atoms in total. The van der Waals surface area contributed by atoms with Crippen molar-refractivity contribution in [3.05, 3.63) is 93.8 Å². The van der Waals surface area contributed by atoms with Gasteiger partial charge in [0.05, 0.1) is 11.6 Å². The maximum atomic E-state index is 14.7. The molecule has 0 spiro atoms. The molecule has 0 unspecified atom stereocenters. The lowest BCUT2D eigenvalue weighted by Gasteiger charge is -2.36. The quantitative estimate of drug-likeness (QED) is 0.538. The van der Waals surface area contributed by atoms with E-state index < -0.39 is 29.7 Å². The summed E-state index contributed by atoms with van der Waals surface area (Å²) < 4.78 is 14.7. The lowest BCUT2D eigenvalue weighted by molar-refractivity contribution is -0.123. The number of halogens is 2. The minimum absolute atomic E-state index is 0.0217. The Labute approximate surface area is 202 Å². The van der Waals surface area contributed by atoms with Gasteiger partial charge in [0.1, 0.15) is 17.6 Å². The van der Waals surface area contributed by atoms with E-state index in [4.69, 9.17) is 17.3 Å². The van der Waals surface area contributed by atoms with Gasteiger partial charge in [0.25, 0.3) is 5.91 Å². The SMILES string of the molecule is CN(C)c1cccc([C@H](C(N)=O)N(C(=O)c2ccccc2O)[C@@H]2CCc3c(F)cc(Cl)cc32)c1. The summed E-state index contributed by atoms with van der Waals surface area (Å²) >= 11 is 6.15. The fourth-order valence-electron chi connectivity index (χ4n) is 4.58. The van der Waals surface area contributed by atoms with Crippen LogP contribution in [0.3, 0.4) is 0 Å². The molecule has 4 rings (SSSR count). The number of hydrogen-bond acceptors (Lipinski definition) is 4. The molecule has 2 atom stereocenters. The number of nitrogens with two attached hydrogens (primary N) is 1. The summed E-state index contributed by atoms with van der Waals surface area (Å²) in [5, 5.41) is 10.6. The van der Waals surface area contributed by atoms with E-state index in [1.807, 2.05) is 25.1 Å². The molecule has 34 heavy (non-hydrogen) atoms. The first-order valence-corrected chi connectivity index (χ1v) is 11.2. The van der Waals surface area contributed by atoms with Crippen molar-refractivity contribution >= 4 is 29.1 Å². The van der Waals surface area contributed by atoms with E-state index in [0.29, 0.717) is 29.5 Å². The van der Waals surface area contributed by atoms with Gasteiger partial charge in [-0.3, -0.25) is 9.59 Å². The normalized spacial score (nSPS) is 15.5. The summed E-state index contributed by atoms with van der Waals surface area (Å²) in [5.74, 6) is -2.01. The molecule has 0 bridgehead atoms. The third kappa shape index (κ3) is 4.31. The second kappa shape index (κ2) is 9.35. The fraction of sp³-hybridized carbons (Fsp3) is 0.231. The molecule has 0 aromatic heterocycles. The second-order valence-electron chi connectivity index (χ2n) is 8.53. The van der Waals surface area contributed by atoms with Gasteiger partial charge in [0, 0.05) is 24.8 Å². The number of anilines is 1. The Balaban J connectivity index is 1.91. The van der Waals surface area contributed by atoms with Crippen LogP contribution in [0.4, 0.5) is 10.1 Å². The average Bonchev–Trinajstić information content (AvgIpc) is 3.20. The Morgan fingerprint density at radius 2 is 1.85 bits per heavy atom. The molecule has 0 radical (unpaired) electrons.